The second kappa shape index (κ2) is 12.9. The van der Waals surface area contributed by atoms with Crippen LogP contribution in [0.1, 0.15) is 62.2 Å². The first kappa shape index (κ1) is 29.9. The third-order valence-electron chi connectivity index (χ3n) is 6.87. The number of nitrogens with one attached hydrogen (secondary N) is 1. The molecule has 1 fully saturated rings. The van der Waals surface area contributed by atoms with Crippen molar-refractivity contribution in [2.24, 2.45) is 5.73 Å². The van der Waals surface area contributed by atoms with E-state index in [1.165, 1.54) is 19.2 Å². The van der Waals surface area contributed by atoms with Crippen LogP contribution < -0.4 is 20.3 Å². The number of sulfonamides is 1. The minimum atomic E-state index is -3.63. The number of nitrogens with two attached hydrogens (primary N) is 1. The number of hydrogen-bond acceptors (Lipinski definition) is 7. The maximum absolute atomic E-state index is 13.2. The van der Waals surface area contributed by atoms with Gasteiger partial charge in [0.25, 0.3) is 5.91 Å². The number of sulfone groups is 1. The van der Waals surface area contributed by atoms with Crippen LogP contribution in [-0.4, -0.2) is 60.9 Å². The van der Waals surface area contributed by atoms with Gasteiger partial charge in [0, 0.05) is 37.6 Å². The summed E-state index contributed by atoms with van der Waals surface area (Å²) >= 11 is 0. The summed E-state index contributed by atoms with van der Waals surface area (Å²) in [6, 6.07) is 11.2. The molecule has 0 unspecified atom stereocenters. The van der Waals surface area contributed by atoms with Gasteiger partial charge in [-0.3, -0.25) is 9.10 Å². The van der Waals surface area contributed by atoms with Crippen LogP contribution in [0.3, 0.4) is 0 Å². The fourth-order valence-electron chi connectivity index (χ4n) is 4.55. The lowest BCUT2D eigenvalue weighted by Crippen LogP contribution is -2.43. The van der Waals surface area contributed by atoms with Crippen molar-refractivity contribution in [3.63, 3.8) is 0 Å². The second-order valence-electron chi connectivity index (χ2n) is 9.99. The number of carbonyl (C=O) groups is 1. The van der Waals surface area contributed by atoms with Crippen molar-refractivity contribution >= 4 is 42.8 Å². The van der Waals surface area contributed by atoms with E-state index in [0.29, 0.717) is 18.7 Å². The van der Waals surface area contributed by atoms with Gasteiger partial charge in [-0.1, -0.05) is 32.6 Å². The molecule has 0 aliphatic carbocycles. The zero-order valence-corrected chi connectivity index (χ0v) is 24.2. The molecule has 0 aromatic heterocycles. The van der Waals surface area contributed by atoms with Crippen molar-refractivity contribution in [2.45, 2.75) is 62.8 Å². The largest absolute Gasteiger partial charge is 0.370 e. The minimum Gasteiger partial charge on any atom is -0.370 e. The summed E-state index contributed by atoms with van der Waals surface area (Å²) in [4.78, 5) is 15.5. The summed E-state index contributed by atoms with van der Waals surface area (Å²) in [5.41, 5.74) is 7.77. The zero-order chi connectivity index (χ0) is 27.9. The van der Waals surface area contributed by atoms with Gasteiger partial charge in [-0.25, -0.2) is 16.8 Å². The fourth-order valence-corrected chi connectivity index (χ4v) is 6.43. The lowest BCUT2D eigenvalue weighted by atomic mass is 10.0. The van der Waals surface area contributed by atoms with Gasteiger partial charge in [0.05, 0.1) is 28.2 Å². The van der Waals surface area contributed by atoms with Crippen LogP contribution in [0.2, 0.25) is 0 Å². The average Bonchev–Trinajstić information content (AvgIpc) is 2.87. The highest BCUT2D eigenvalue weighted by molar-refractivity contribution is 7.92. The maximum Gasteiger partial charge on any atom is 0.257 e. The van der Waals surface area contributed by atoms with Crippen LogP contribution in [0.4, 0.5) is 17.1 Å². The molecule has 0 spiro atoms. The van der Waals surface area contributed by atoms with E-state index in [9.17, 15) is 21.6 Å². The van der Waals surface area contributed by atoms with E-state index >= 15 is 0 Å². The number of anilines is 3. The molecule has 1 aliphatic rings. The van der Waals surface area contributed by atoms with Gasteiger partial charge in [0.1, 0.15) is 0 Å². The SMILES string of the molecule is CCCCCCCS(=O)(=O)c1ccc(NC(=O)c2ccc(N3CCC[C@H](N)C3)cc2N(C)S(C)(=O)=O)cc1. The summed E-state index contributed by atoms with van der Waals surface area (Å²) in [5.74, 6) is -0.401. The minimum absolute atomic E-state index is 0.0376. The summed E-state index contributed by atoms with van der Waals surface area (Å²) in [6.07, 6.45) is 7.69. The first-order valence-corrected chi connectivity index (χ1v) is 16.6. The molecule has 2 aromatic rings. The molecule has 1 amide bonds. The van der Waals surface area contributed by atoms with E-state index in [4.69, 9.17) is 5.73 Å². The molecule has 1 aliphatic heterocycles. The summed E-state index contributed by atoms with van der Waals surface area (Å²) < 4.78 is 51.1. The molecular formula is C27H40N4O5S2. The van der Waals surface area contributed by atoms with Gasteiger partial charge in [-0.05, 0) is 61.7 Å². The molecule has 3 rings (SSSR count). The molecule has 38 heavy (non-hydrogen) atoms. The Morgan fingerprint density at radius 2 is 1.74 bits per heavy atom. The van der Waals surface area contributed by atoms with Crippen LogP contribution in [-0.2, 0) is 19.9 Å². The van der Waals surface area contributed by atoms with Gasteiger partial charge < -0.3 is 16.0 Å². The third kappa shape index (κ3) is 7.94. The lowest BCUT2D eigenvalue weighted by molar-refractivity contribution is 0.102. The molecule has 1 atom stereocenters. The van der Waals surface area contributed by atoms with E-state index in [1.54, 1.807) is 30.3 Å². The molecule has 2 aromatic carbocycles. The number of rotatable bonds is 12. The molecule has 3 N–H and O–H groups in total. The Kier molecular flexibility index (Phi) is 10.2. The fraction of sp³-hybridized carbons (Fsp3) is 0.519. The Morgan fingerprint density at radius 1 is 1.05 bits per heavy atom. The number of hydrogen-bond donors (Lipinski definition) is 2. The van der Waals surface area contributed by atoms with E-state index in [-0.39, 0.29) is 27.9 Å². The smallest absolute Gasteiger partial charge is 0.257 e. The first-order valence-electron chi connectivity index (χ1n) is 13.1. The van der Waals surface area contributed by atoms with Gasteiger partial charge >= 0.3 is 0 Å². The number of nitrogens with zero attached hydrogens (tertiary/aromatic N) is 2. The molecule has 1 heterocycles. The number of amides is 1. The highest BCUT2D eigenvalue weighted by atomic mass is 32.2. The summed E-state index contributed by atoms with van der Waals surface area (Å²) in [6.45, 7) is 3.57. The van der Waals surface area contributed by atoms with E-state index < -0.39 is 25.8 Å². The van der Waals surface area contributed by atoms with Crippen molar-refractivity contribution in [3.05, 3.63) is 48.0 Å². The van der Waals surface area contributed by atoms with Crippen LogP contribution in [0.5, 0.6) is 0 Å². The molecule has 0 saturated carbocycles. The van der Waals surface area contributed by atoms with E-state index in [1.807, 2.05) is 0 Å². The van der Waals surface area contributed by atoms with Crippen LogP contribution in [0.25, 0.3) is 0 Å². The Bertz CT molecular complexity index is 1310. The number of unbranched alkanes of at least 4 members (excludes halogenated alkanes) is 4. The Labute approximate surface area is 227 Å². The van der Waals surface area contributed by atoms with Gasteiger partial charge in [0.15, 0.2) is 9.84 Å². The zero-order valence-electron chi connectivity index (χ0n) is 22.5. The average molecular weight is 565 g/mol. The summed E-state index contributed by atoms with van der Waals surface area (Å²) in [5, 5.41) is 2.77. The highest BCUT2D eigenvalue weighted by Crippen LogP contribution is 2.30. The van der Waals surface area contributed by atoms with Crippen molar-refractivity contribution in [1.82, 2.24) is 0 Å². The predicted octanol–water partition coefficient (Wildman–Crippen LogP) is 4.01. The molecule has 0 radical (unpaired) electrons. The number of benzene rings is 2. The molecule has 0 bridgehead atoms. The van der Waals surface area contributed by atoms with Crippen molar-refractivity contribution in [3.8, 4) is 0 Å². The normalized spacial score (nSPS) is 16.3. The van der Waals surface area contributed by atoms with Gasteiger partial charge in [0.2, 0.25) is 10.0 Å². The third-order valence-corrected chi connectivity index (χ3v) is 9.88. The number of carbonyl (C=O) groups excluding carboxylic acids is 1. The highest BCUT2D eigenvalue weighted by Gasteiger charge is 2.24. The molecule has 9 nitrogen and oxygen atoms in total. The topological polar surface area (TPSA) is 130 Å². The molecule has 11 heteroatoms. The molecule has 210 valence electrons. The van der Waals surface area contributed by atoms with E-state index in [0.717, 1.165) is 61.3 Å². The second-order valence-corrected chi connectivity index (χ2v) is 14.1. The quantitative estimate of drug-likeness (QED) is 0.373. The monoisotopic (exact) mass is 564 g/mol. The number of piperidine rings is 1. The van der Waals surface area contributed by atoms with Crippen molar-refractivity contribution in [2.75, 3.05) is 46.7 Å². The van der Waals surface area contributed by atoms with Crippen LogP contribution >= 0.6 is 0 Å². The van der Waals surface area contributed by atoms with Gasteiger partial charge in [-0.2, -0.15) is 0 Å². The van der Waals surface area contributed by atoms with Crippen molar-refractivity contribution < 1.29 is 21.6 Å². The lowest BCUT2D eigenvalue weighted by Gasteiger charge is -2.33. The maximum atomic E-state index is 13.2. The van der Waals surface area contributed by atoms with Crippen LogP contribution in [0.15, 0.2) is 47.4 Å². The van der Waals surface area contributed by atoms with E-state index in [2.05, 4.69) is 17.1 Å². The first-order chi connectivity index (χ1) is 17.9. The van der Waals surface area contributed by atoms with Crippen molar-refractivity contribution in [1.29, 1.82) is 0 Å². The standard InChI is InChI=1S/C27H40N4O5S2/c1-4-5-6-7-8-18-38(35,36)24-14-11-22(12-15-24)29-27(32)25-16-13-23(31-17-9-10-21(28)20-31)19-26(25)30(2)37(3,33)34/h11-16,19,21H,4-10,17-18,20,28H2,1-3H3,(H,29,32)/t21-/m0/s1. The Morgan fingerprint density at radius 3 is 2.37 bits per heavy atom. The Balaban J connectivity index is 1.78. The summed E-state index contributed by atoms with van der Waals surface area (Å²) in [7, 11) is -5.62. The van der Waals surface area contributed by atoms with Gasteiger partial charge in [-0.15, -0.1) is 0 Å². The van der Waals surface area contributed by atoms with Crippen LogP contribution in [0, 0.1) is 0 Å². The molecule has 1 saturated heterocycles. The predicted molar refractivity (Wildman–Crippen MR) is 154 cm³/mol. The Hall–Kier alpha value is -2.63. The molecular weight excluding hydrogens is 524 g/mol.